The fraction of sp³-hybridized carbons (Fsp3) is 0.368. The van der Waals surface area contributed by atoms with Gasteiger partial charge in [0.2, 0.25) is 0 Å². The second-order valence-corrected chi connectivity index (χ2v) is 6.16. The molecule has 1 aliphatic carbocycles. The Morgan fingerprint density at radius 3 is 2.83 bits per heavy atom. The third kappa shape index (κ3) is 2.39. The highest BCUT2D eigenvalue weighted by molar-refractivity contribution is 5.85. The number of aromatic hydroxyl groups is 1. The first-order valence-electron chi connectivity index (χ1n) is 7.99. The molecule has 0 saturated heterocycles. The summed E-state index contributed by atoms with van der Waals surface area (Å²) >= 11 is 0. The number of fused-ring (bicyclic) bond motifs is 2. The van der Waals surface area contributed by atoms with E-state index in [0.717, 1.165) is 42.8 Å². The van der Waals surface area contributed by atoms with Crippen LogP contribution in [0.15, 0.2) is 30.3 Å². The molecule has 0 unspecified atom stereocenters. The van der Waals surface area contributed by atoms with Crippen LogP contribution in [0.25, 0.3) is 11.1 Å². The molecular formula is C19H22ClNO2. The maximum atomic E-state index is 10.4. The van der Waals surface area contributed by atoms with Gasteiger partial charge in [-0.15, -0.1) is 12.4 Å². The van der Waals surface area contributed by atoms with Crippen molar-refractivity contribution in [1.29, 1.82) is 0 Å². The largest absolute Gasteiger partial charge is 0.507 e. The number of likely N-dealkylation sites (N-methyl/N-ethyl adjacent to an activating group) is 1. The molecule has 23 heavy (non-hydrogen) atoms. The maximum absolute atomic E-state index is 10.4. The lowest BCUT2D eigenvalue weighted by atomic mass is 9.76. The van der Waals surface area contributed by atoms with Gasteiger partial charge in [-0.05, 0) is 59.8 Å². The molecule has 0 radical (unpaired) electrons. The predicted molar refractivity (Wildman–Crippen MR) is 94.7 cm³/mol. The lowest BCUT2D eigenvalue weighted by molar-refractivity contribution is 0.192. The van der Waals surface area contributed by atoms with Gasteiger partial charge in [-0.25, -0.2) is 0 Å². The average molecular weight is 332 g/mol. The van der Waals surface area contributed by atoms with Gasteiger partial charge in [-0.2, -0.15) is 0 Å². The summed E-state index contributed by atoms with van der Waals surface area (Å²) in [6.07, 6.45) is 2.02. The quantitative estimate of drug-likeness (QED) is 0.904. The summed E-state index contributed by atoms with van der Waals surface area (Å²) in [6.45, 7) is 4.38. The SMILES string of the molecule is CCN1CCc2cc(OC)cc3c2[C@H]1Cc1cccc(O)c1-3.Cl. The van der Waals surface area contributed by atoms with E-state index >= 15 is 0 Å². The van der Waals surface area contributed by atoms with Crippen molar-refractivity contribution in [2.45, 2.75) is 25.8 Å². The fourth-order valence-electron chi connectivity index (χ4n) is 4.10. The summed E-state index contributed by atoms with van der Waals surface area (Å²) in [4.78, 5) is 2.55. The monoisotopic (exact) mass is 331 g/mol. The second kappa shape index (κ2) is 6.06. The molecule has 2 aromatic carbocycles. The van der Waals surface area contributed by atoms with Crippen LogP contribution in [0.2, 0.25) is 0 Å². The summed E-state index contributed by atoms with van der Waals surface area (Å²) < 4.78 is 5.49. The van der Waals surface area contributed by atoms with E-state index < -0.39 is 0 Å². The van der Waals surface area contributed by atoms with Crippen molar-refractivity contribution < 1.29 is 9.84 Å². The van der Waals surface area contributed by atoms with Crippen LogP contribution < -0.4 is 4.74 Å². The Morgan fingerprint density at radius 2 is 2.09 bits per heavy atom. The fourth-order valence-corrected chi connectivity index (χ4v) is 4.10. The summed E-state index contributed by atoms with van der Waals surface area (Å²) in [6, 6.07) is 10.5. The van der Waals surface area contributed by atoms with Crippen molar-refractivity contribution in [2.75, 3.05) is 20.2 Å². The van der Waals surface area contributed by atoms with Crippen molar-refractivity contribution in [3.63, 3.8) is 0 Å². The van der Waals surface area contributed by atoms with E-state index in [4.69, 9.17) is 4.74 Å². The highest BCUT2D eigenvalue weighted by atomic mass is 35.5. The van der Waals surface area contributed by atoms with Crippen molar-refractivity contribution >= 4 is 12.4 Å². The van der Waals surface area contributed by atoms with Gasteiger partial charge in [0.15, 0.2) is 0 Å². The first-order chi connectivity index (χ1) is 10.7. The molecule has 1 aliphatic heterocycles. The first kappa shape index (κ1) is 16.2. The Balaban J connectivity index is 0.00000156. The first-order valence-corrected chi connectivity index (χ1v) is 7.99. The lowest BCUT2D eigenvalue weighted by Crippen LogP contribution is -2.38. The van der Waals surface area contributed by atoms with Gasteiger partial charge in [-0.1, -0.05) is 19.1 Å². The van der Waals surface area contributed by atoms with Crippen molar-refractivity contribution in [3.05, 3.63) is 47.0 Å². The zero-order chi connectivity index (χ0) is 15.3. The molecule has 1 heterocycles. The van der Waals surface area contributed by atoms with Crippen molar-refractivity contribution in [1.82, 2.24) is 4.90 Å². The van der Waals surface area contributed by atoms with Crippen molar-refractivity contribution in [2.24, 2.45) is 0 Å². The molecule has 0 bridgehead atoms. The van der Waals surface area contributed by atoms with E-state index in [1.165, 1.54) is 16.7 Å². The van der Waals surface area contributed by atoms with Gasteiger partial charge in [0.1, 0.15) is 11.5 Å². The van der Waals surface area contributed by atoms with Crippen LogP contribution in [0.3, 0.4) is 0 Å². The van der Waals surface area contributed by atoms with Crippen LogP contribution in [0.1, 0.15) is 29.7 Å². The Morgan fingerprint density at radius 1 is 1.26 bits per heavy atom. The van der Waals surface area contributed by atoms with Gasteiger partial charge >= 0.3 is 0 Å². The molecule has 3 nitrogen and oxygen atoms in total. The Labute approximate surface area is 143 Å². The highest BCUT2D eigenvalue weighted by Gasteiger charge is 2.35. The van der Waals surface area contributed by atoms with E-state index in [1.54, 1.807) is 13.2 Å². The summed E-state index contributed by atoms with van der Waals surface area (Å²) in [5.74, 6) is 1.26. The molecule has 0 amide bonds. The number of rotatable bonds is 2. The topological polar surface area (TPSA) is 32.7 Å². The number of phenolic OH excluding ortho intramolecular Hbond substituents is 1. The molecule has 4 rings (SSSR count). The molecule has 0 spiro atoms. The third-order valence-corrected chi connectivity index (χ3v) is 5.13. The van der Waals surface area contributed by atoms with E-state index in [1.807, 2.05) is 6.07 Å². The lowest BCUT2D eigenvalue weighted by Gasteiger charge is -2.41. The van der Waals surface area contributed by atoms with Crippen LogP contribution in [0.5, 0.6) is 11.5 Å². The number of halogens is 1. The molecule has 122 valence electrons. The average Bonchev–Trinajstić information content (AvgIpc) is 2.54. The maximum Gasteiger partial charge on any atom is 0.123 e. The predicted octanol–water partition coefficient (Wildman–Crippen LogP) is 3.96. The van der Waals surface area contributed by atoms with Gasteiger partial charge in [0.25, 0.3) is 0 Å². The molecular weight excluding hydrogens is 310 g/mol. The van der Waals surface area contributed by atoms with Crippen LogP contribution in [-0.2, 0) is 12.8 Å². The van der Waals surface area contributed by atoms with Gasteiger partial charge in [0, 0.05) is 18.2 Å². The minimum Gasteiger partial charge on any atom is -0.507 e. The number of ether oxygens (including phenoxy) is 1. The summed E-state index contributed by atoms with van der Waals surface area (Å²) in [5, 5.41) is 10.4. The Kier molecular flexibility index (Phi) is 4.26. The van der Waals surface area contributed by atoms with Crippen LogP contribution >= 0.6 is 12.4 Å². The number of hydrogen-bond acceptors (Lipinski definition) is 3. The molecule has 2 aromatic rings. The van der Waals surface area contributed by atoms with Crippen LogP contribution in [-0.4, -0.2) is 30.2 Å². The number of benzene rings is 2. The van der Waals surface area contributed by atoms with E-state index in [9.17, 15) is 5.11 Å². The van der Waals surface area contributed by atoms with E-state index in [0.29, 0.717) is 11.8 Å². The van der Waals surface area contributed by atoms with Gasteiger partial charge in [0.05, 0.1) is 7.11 Å². The minimum absolute atomic E-state index is 0. The minimum atomic E-state index is 0. The van der Waals surface area contributed by atoms with E-state index in [2.05, 4.69) is 30.0 Å². The van der Waals surface area contributed by atoms with Crippen LogP contribution in [0.4, 0.5) is 0 Å². The molecule has 0 saturated carbocycles. The second-order valence-electron chi connectivity index (χ2n) is 6.16. The number of phenols is 1. The number of hydrogen-bond donors (Lipinski definition) is 1. The third-order valence-electron chi connectivity index (χ3n) is 5.13. The highest BCUT2D eigenvalue weighted by Crippen LogP contribution is 2.49. The smallest absolute Gasteiger partial charge is 0.123 e. The molecule has 2 aliphatic rings. The van der Waals surface area contributed by atoms with Crippen LogP contribution in [0, 0.1) is 0 Å². The molecule has 0 aromatic heterocycles. The summed E-state index contributed by atoms with van der Waals surface area (Å²) in [5.41, 5.74) is 6.14. The van der Waals surface area contributed by atoms with Gasteiger partial charge < -0.3 is 9.84 Å². The normalized spacial score (nSPS) is 18.6. The number of methoxy groups -OCH3 is 1. The molecule has 0 fully saturated rings. The van der Waals surface area contributed by atoms with E-state index in [-0.39, 0.29) is 12.4 Å². The summed E-state index contributed by atoms with van der Waals surface area (Å²) in [7, 11) is 1.71. The number of nitrogens with zero attached hydrogens (tertiary/aromatic N) is 1. The van der Waals surface area contributed by atoms with Gasteiger partial charge in [-0.3, -0.25) is 4.90 Å². The molecule has 1 N–H and O–H groups in total. The Hall–Kier alpha value is -1.71. The zero-order valence-electron chi connectivity index (χ0n) is 13.5. The standard InChI is InChI=1S/C19H21NO2.ClH/c1-3-20-8-7-13-9-14(22-2)11-15-18(13)16(20)10-12-5-4-6-17(21)19(12)15;/h4-6,9,11,16,21H,3,7-8,10H2,1-2H3;1H/t16-;/m1./s1. The Bertz CT molecular complexity index is 744. The molecule has 1 atom stereocenters. The zero-order valence-corrected chi connectivity index (χ0v) is 14.3. The van der Waals surface area contributed by atoms with Crippen molar-refractivity contribution in [3.8, 4) is 22.6 Å². The molecule has 4 heteroatoms.